The van der Waals surface area contributed by atoms with Crippen LogP contribution in [0.4, 0.5) is 0 Å². The molecule has 3 heterocycles. The van der Waals surface area contributed by atoms with Crippen LogP contribution < -0.4 is 4.74 Å². The maximum absolute atomic E-state index is 5.83. The molecule has 0 unspecified atom stereocenters. The van der Waals surface area contributed by atoms with Crippen LogP contribution in [0.15, 0.2) is 77.6 Å². The summed E-state index contributed by atoms with van der Waals surface area (Å²) in [5, 5.41) is 8.03. The van der Waals surface area contributed by atoms with E-state index in [1.165, 1.54) is 0 Å². The van der Waals surface area contributed by atoms with E-state index in [0.29, 0.717) is 23.9 Å². The Balaban J connectivity index is 1.54. The molecule has 0 spiro atoms. The normalized spacial score (nSPS) is 10.1. The molecule has 0 bridgehead atoms. The smallest absolute Gasteiger partial charge is 0.294 e. The summed E-state index contributed by atoms with van der Waals surface area (Å²) >= 11 is 0. The predicted molar refractivity (Wildman–Crippen MR) is 98.5 cm³/mol. The van der Waals surface area contributed by atoms with Crippen molar-refractivity contribution in [3.05, 3.63) is 90.2 Å². The summed E-state index contributed by atoms with van der Waals surface area (Å²) in [6.45, 7) is 0.395. The molecule has 0 fully saturated rings. The van der Waals surface area contributed by atoms with Crippen molar-refractivity contribution in [3.8, 4) is 29.2 Å². The van der Waals surface area contributed by atoms with Gasteiger partial charge in [0.25, 0.3) is 11.8 Å². The molecule has 6 heteroatoms. The zero-order valence-corrected chi connectivity index (χ0v) is 14.2. The molecule has 3 aromatic heterocycles. The van der Waals surface area contributed by atoms with Crippen LogP contribution in [0.1, 0.15) is 17.0 Å². The Morgan fingerprint density at radius 2 is 1.78 bits per heavy atom. The van der Waals surface area contributed by atoms with Crippen LogP contribution >= 0.6 is 0 Å². The highest BCUT2D eigenvalue weighted by Gasteiger charge is 2.14. The van der Waals surface area contributed by atoms with Gasteiger partial charge in [-0.15, -0.1) is 5.10 Å². The van der Waals surface area contributed by atoms with Gasteiger partial charge in [0.05, 0.1) is 0 Å². The molecule has 0 aliphatic rings. The molecule has 4 rings (SSSR count). The lowest BCUT2D eigenvalue weighted by molar-refractivity contribution is 0.294. The van der Waals surface area contributed by atoms with Gasteiger partial charge in [0.1, 0.15) is 12.2 Å². The standard InChI is InChI=1S/C21H14N4O2/c1-2-6-17(7-3-1)15-26-20-18(9-5-13-23-20)21-25-24-19(27-21)11-10-16-8-4-12-22-14-16/h1-9,12-14H,15H2. The monoisotopic (exact) mass is 354 g/mol. The van der Waals surface area contributed by atoms with E-state index < -0.39 is 0 Å². The summed E-state index contributed by atoms with van der Waals surface area (Å²) in [5.41, 5.74) is 2.43. The quantitative estimate of drug-likeness (QED) is 0.522. The Kier molecular flexibility index (Phi) is 4.84. The first-order valence-corrected chi connectivity index (χ1v) is 8.26. The topological polar surface area (TPSA) is 73.9 Å². The van der Waals surface area contributed by atoms with Crippen molar-refractivity contribution >= 4 is 0 Å². The molecule has 0 N–H and O–H groups in total. The Morgan fingerprint density at radius 3 is 2.63 bits per heavy atom. The minimum atomic E-state index is 0.215. The van der Waals surface area contributed by atoms with E-state index in [0.717, 1.165) is 11.1 Å². The number of ether oxygens (including phenoxy) is 1. The largest absolute Gasteiger partial charge is 0.472 e. The first-order valence-electron chi connectivity index (χ1n) is 8.26. The number of nitrogens with zero attached hydrogens (tertiary/aromatic N) is 4. The number of aromatic nitrogens is 4. The number of pyridine rings is 2. The van der Waals surface area contributed by atoms with E-state index >= 15 is 0 Å². The van der Waals surface area contributed by atoms with Gasteiger partial charge in [-0.3, -0.25) is 4.98 Å². The lowest BCUT2D eigenvalue weighted by Crippen LogP contribution is -1.98. The first kappa shape index (κ1) is 16.5. The van der Waals surface area contributed by atoms with Crippen molar-refractivity contribution in [1.29, 1.82) is 0 Å². The highest BCUT2D eigenvalue weighted by molar-refractivity contribution is 5.59. The fraction of sp³-hybridized carbons (Fsp3) is 0.0476. The van der Waals surface area contributed by atoms with Crippen molar-refractivity contribution < 1.29 is 9.15 Å². The molecule has 27 heavy (non-hydrogen) atoms. The maximum Gasteiger partial charge on any atom is 0.294 e. The fourth-order valence-corrected chi connectivity index (χ4v) is 2.34. The van der Waals surface area contributed by atoms with Crippen molar-refractivity contribution in [2.24, 2.45) is 0 Å². The second kappa shape index (κ2) is 7.93. The third-order valence-corrected chi connectivity index (χ3v) is 3.62. The lowest BCUT2D eigenvalue weighted by Gasteiger charge is -2.07. The van der Waals surface area contributed by atoms with Crippen molar-refractivity contribution in [1.82, 2.24) is 20.2 Å². The lowest BCUT2D eigenvalue weighted by atomic mass is 10.2. The molecule has 130 valence electrons. The SMILES string of the molecule is C(#Cc1nnc(-c2cccnc2OCc2ccccc2)o1)c1cccnc1. The van der Waals surface area contributed by atoms with Crippen LogP contribution in [-0.4, -0.2) is 20.2 Å². The second-order valence-electron chi connectivity index (χ2n) is 5.53. The number of rotatable bonds is 4. The van der Waals surface area contributed by atoms with Crippen molar-refractivity contribution in [2.45, 2.75) is 6.61 Å². The highest BCUT2D eigenvalue weighted by Crippen LogP contribution is 2.27. The molecular weight excluding hydrogens is 340 g/mol. The third-order valence-electron chi connectivity index (χ3n) is 3.62. The Hall–Kier alpha value is -3.98. The molecule has 0 atom stereocenters. The van der Waals surface area contributed by atoms with Gasteiger partial charge in [-0.25, -0.2) is 4.98 Å². The number of hydrogen-bond donors (Lipinski definition) is 0. The Morgan fingerprint density at radius 1 is 0.889 bits per heavy atom. The van der Waals surface area contributed by atoms with E-state index in [2.05, 4.69) is 32.0 Å². The van der Waals surface area contributed by atoms with Crippen LogP contribution in [0.3, 0.4) is 0 Å². The average Bonchev–Trinajstić information content (AvgIpc) is 3.21. The van der Waals surface area contributed by atoms with Crippen LogP contribution in [0.25, 0.3) is 11.5 Å². The summed E-state index contributed by atoms with van der Waals surface area (Å²) in [5.74, 6) is 6.72. The summed E-state index contributed by atoms with van der Waals surface area (Å²) in [7, 11) is 0. The average molecular weight is 354 g/mol. The predicted octanol–water partition coefficient (Wildman–Crippen LogP) is 3.51. The van der Waals surface area contributed by atoms with Gasteiger partial charge >= 0.3 is 0 Å². The molecule has 0 aliphatic carbocycles. The molecule has 6 nitrogen and oxygen atoms in total. The Bertz CT molecular complexity index is 1080. The van der Waals surface area contributed by atoms with Gasteiger partial charge in [-0.1, -0.05) is 41.4 Å². The Labute approximate surface area is 155 Å². The van der Waals surface area contributed by atoms with Gasteiger partial charge in [0, 0.05) is 24.2 Å². The summed E-state index contributed by atoms with van der Waals surface area (Å²) in [4.78, 5) is 8.29. The molecule has 0 radical (unpaired) electrons. The number of benzene rings is 1. The van der Waals surface area contributed by atoms with E-state index in [1.54, 1.807) is 24.7 Å². The second-order valence-corrected chi connectivity index (χ2v) is 5.53. The molecule has 4 aromatic rings. The summed E-state index contributed by atoms with van der Waals surface area (Å²) < 4.78 is 11.5. The minimum Gasteiger partial charge on any atom is -0.472 e. The van der Waals surface area contributed by atoms with Crippen molar-refractivity contribution in [2.75, 3.05) is 0 Å². The van der Waals surface area contributed by atoms with Crippen LogP contribution in [0, 0.1) is 11.8 Å². The summed E-state index contributed by atoms with van der Waals surface area (Å²) in [6.07, 6.45) is 5.01. The maximum atomic E-state index is 5.83. The van der Waals surface area contributed by atoms with Gasteiger partial charge in [-0.2, -0.15) is 0 Å². The number of hydrogen-bond acceptors (Lipinski definition) is 6. The molecular formula is C21H14N4O2. The van der Waals surface area contributed by atoms with Gasteiger partial charge in [-0.05, 0) is 35.7 Å². The zero-order chi connectivity index (χ0) is 18.3. The van der Waals surface area contributed by atoms with E-state index in [-0.39, 0.29) is 5.89 Å². The van der Waals surface area contributed by atoms with E-state index in [4.69, 9.17) is 9.15 Å². The van der Waals surface area contributed by atoms with Crippen LogP contribution in [-0.2, 0) is 6.61 Å². The van der Waals surface area contributed by atoms with Gasteiger partial charge in [0.2, 0.25) is 5.88 Å². The van der Waals surface area contributed by atoms with Gasteiger partial charge in [0.15, 0.2) is 0 Å². The van der Waals surface area contributed by atoms with Crippen molar-refractivity contribution in [3.63, 3.8) is 0 Å². The fourth-order valence-electron chi connectivity index (χ4n) is 2.34. The summed E-state index contributed by atoms with van der Waals surface area (Å²) in [6, 6.07) is 17.1. The minimum absolute atomic E-state index is 0.215. The highest BCUT2D eigenvalue weighted by atomic mass is 16.5. The van der Waals surface area contributed by atoms with Crippen LogP contribution in [0.2, 0.25) is 0 Å². The third kappa shape index (κ3) is 4.17. The van der Waals surface area contributed by atoms with Crippen LogP contribution in [0.5, 0.6) is 5.88 Å². The first-order chi connectivity index (χ1) is 13.4. The molecule has 0 saturated heterocycles. The van der Waals surface area contributed by atoms with E-state index in [1.807, 2.05) is 48.5 Å². The molecule has 0 amide bonds. The molecule has 0 saturated carbocycles. The zero-order valence-electron chi connectivity index (χ0n) is 14.2. The van der Waals surface area contributed by atoms with E-state index in [9.17, 15) is 0 Å². The molecule has 1 aromatic carbocycles. The van der Waals surface area contributed by atoms with Gasteiger partial charge < -0.3 is 9.15 Å². The molecule has 0 aliphatic heterocycles.